The molecule has 2 heterocycles. The number of rotatable bonds is 2. The number of hydrogen-bond donors (Lipinski definition) is 0. The monoisotopic (exact) mass is 292 g/mol. The van der Waals surface area contributed by atoms with Crippen LogP contribution in [0.5, 0.6) is 0 Å². The molecule has 21 heavy (non-hydrogen) atoms. The van der Waals surface area contributed by atoms with E-state index in [1.54, 1.807) is 6.92 Å². The Morgan fingerprint density at radius 2 is 2.05 bits per heavy atom. The van der Waals surface area contributed by atoms with Gasteiger partial charge in [0.05, 0.1) is 11.9 Å². The fourth-order valence-electron chi connectivity index (χ4n) is 4.03. The molecule has 0 aromatic carbocycles. The topological polar surface area (TPSA) is 54.0 Å². The first-order chi connectivity index (χ1) is 9.92. The highest BCUT2D eigenvalue weighted by Crippen LogP contribution is 2.76. The Bertz CT molecular complexity index is 798. The number of fused-ring (bicyclic) bond motifs is 1. The second-order valence-corrected chi connectivity index (χ2v) is 6.23. The molecule has 0 atom stereocenters. The molecule has 2 aromatic rings. The average molecular weight is 292 g/mol. The zero-order valence-corrected chi connectivity index (χ0v) is 11.2. The molecule has 3 aliphatic carbocycles. The molecule has 3 aliphatic rings. The summed E-state index contributed by atoms with van der Waals surface area (Å²) in [5.74, 6) is -0.221. The molecule has 0 unspecified atom stereocenters. The number of alkyl halides is 2. The fourth-order valence-corrected chi connectivity index (χ4v) is 4.03. The van der Waals surface area contributed by atoms with E-state index in [4.69, 9.17) is 0 Å². The second-order valence-electron chi connectivity index (χ2n) is 6.23. The molecule has 108 valence electrons. The van der Waals surface area contributed by atoms with Crippen LogP contribution in [0.15, 0.2) is 6.20 Å². The van der Waals surface area contributed by atoms with Crippen molar-refractivity contribution >= 4 is 5.52 Å². The van der Waals surface area contributed by atoms with Gasteiger partial charge in [-0.25, -0.2) is 22.7 Å². The number of hydrogen-bond acceptors (Lipinski definition) is 3. The van der Waals surface area contributed by atoms with Crippen LogP contribution in [0.25, 0.3) is 5.52 Å². The smallest absolute Gasteiger partial charge is 0.237 e. The van der Waals surface area contributed by atoms with Crippen LogP contribution in [0.2, 0.25) is 0 Å². The van der Waals surface area contributed by atoms with Crippen LogP contribution in [0.1, 0.15) is 36.3 Å². The fraction of sp³-hybridized carbons (Fsp3) is 0.500. The van der Waals surface area contributed by atoms with Crippen molar-refractivity contribution in [2.75, 3.05) is 0 Å². The molecule has 0 amide bonds. The molecule has 3 saturated carbocycles. The van der Waals surface area contributed by atoms with Crippen LogP contribution in [-0.2, 0) is 5.41 Å². The van der Waals surface area contributed by atoms with Crippen molar-refractivity contribution in [1.82, 2.24) is 14.6 Å². The van der Waals surface area contributed by atoms with Crippen LogP contribution >= 0.6 is 0 Å². The van der Waals surface area contributed by atoms with Gasteiger partial charge in [-0.2, -0.15) is 10.4 Å². The molecule has 4 nitrogen and oxygen atoms in total. The third-order valence-corrected chi connectivity index (χ3v) is 4.89. The molecule has 0 aliphatic heterocycles. The minimum absolute atomic E-state index is 0.0857. The molecule has 0 radical (unpaired) electrons. The van der Waals surface area contributed by atoms with E-state index in [2.05, 4.69) is 10.1 Å². The van der Waals surface area contributed by atoms with Crippen molar-refractivity contribution in [2.45, 2.75) is 38.0 Å². The third-order valence-electron chi connectivity index (χ3n) is 4.89. The SMILES string of the molecule is Cc1ncc2c(F)c(C#N)c(C34CC(C(F)F)(C3)C4)n2n1. The minimum atomic E-state index is -2.36. The highest BCUT2D eigenvalue weighted by Gasteiger charge is 2.74. The van der Waals surface area contributed by atoms with Gasteiger partial charge in [-0.05, 0) is 26.2 Å². The Balaban J connectivity index is 1.91. The molecule has 0 saturated heterocycles. The molecule has 0 N–H and O–H groups in total. The lowest BCUT2D eigenvalue weighted by atomic mass is 9.34. The molecule has 5 rings (SSSR count). The van der Waals surface area contributed by atoms with Crippen molar-refractivity contribution in [3.63, 3.8) is 0 Å². The summed E-state index contributed by atoms with van der Waals surface area (Å²) in [5, 5.41) is 13.4. The summed E-state index contributed by atoms with van der Waals surface area (Å²) in [6, 6.07) is 1.86. The van der Waals surface area contributed by atoms with E-state index < -0.39 is 23.1 Å². The minimum Gasteiger partial charge on any atom is -0.237 e. The van der Waals surface area contributed by atoms with Gasteiger partial charge in [-0.15, -0.1) is 0 Å². The van der Waals surface area contributed by atoms with Gasteiger partial charge in [-0.3, -0.25) is 0 Å². The molecular weight excluding hydrogens is 281 g/mol. The first-order valence-corrected chi connectivity index (χ1v) is 6.65. The van der Waals surface area contributed by atoms with Crippen LogP contribution in [0.3, 0.4) is 0 Å². The molecule has 7 heteroatoms. The number of aromatic nitrogens is 3. The van der Waals surface area contributed by atoms with Crippen LogP contribution < -0.4 is 0 Å². The first kappa shape index (κ1) is 12.6. The standard InChI is InChI=1S/C14H11F3N4/c1-7-19-3-9-10(15)8(2-18)11(21(9)20-7)13-4-14(5-13,6-13)12(16)17/h3,12H,4-6H2,1H3. The van der Waals surface area contributed by atoms with Crippen LogP contribution in [0, 0.1) is 29.5 Å². The van der Waals surface area contributed by atoms with E-state index in [0.717, 1.165) is 0 Å². The highest BCUT2D eigenvalue weighted by molar-refractivity contribution is 5.60. The number of halogens is 3. The van der Waals surface area contributed by atoms with Gasteiger partial charge in [0.25, 0.3) is 0 Å². The van der Waals surface area contributed by atoms with Gasteiger partial charge in [0, 0.05) is 10.8 Å². The van der Waals surface area contributed by atoms with E-state index in [-0.39, 0.29) is 11.1 Å². The molecule has 0 spiro atoms. The maximum atomic E-state index is 14.3. The Hall–Kier alpha value is -2.10. The maximum absolute atomic E-state index is 14.3. The van der Waals surface area contributed by atoms with Gasteiger partial charge in [0.1, 0.15) is 23.0 Å². The Morgan fingerprint density at radius 1 is 1.38 bits per heavy atom. The highest BCUT2D eigenvalue weighted by atomic mass is 19.3. The third kappa shape index (κ3) is 1.30. The van der Waals surface area contributed by atoms with Crippen molar-refractivity contribution in [3.8, 4) is 6.07 Å². The summed E-state index contributed by atoms with van der Waals surface area (Å²) in [7, 11) is 0. The summed E-state index contributed by atoms with van der Waals surface area (Å²) >= 11 is 0. The normalized spacial score (nSPS) is 30.1. The number of nitriles is 1. The summed E-state index contributed by atoms with van der Waals surface area (Å²) in [6.45, 7) is 1.66. The molecule has 3 fully saturated rings. The Kier molecular flexibility index (Phi) is 2.14. The predicted molar refractivity (Wildman–Crippen MR) is 66.4 cm³/mol. The second kappa shape index (κ2) is 3.56. The van der Waals surface area contributed by atoms with Crippen molar-refractivity contribution in [1.29, 1.82) is 5.26 Å². The Morgan fingerprint density at radius 3 is 2.62 bits per heavy atom. The average Bonchev–Trinajstić information content (AvgIpc) is 2.59. The van der Waals surface area contributed by atoms with Gasteiger partial charge >= 0.3 is 0 Å². The van der Waals surface area contributed by atoms with Gasteiger partial charge in [0.2, 0.25) is 6.43 Å². The van der Waals surface area contributed by atoms with Crippen molar-refractivity contribution in [2.24, 2.45) is 5.41 Å². The van der Waals surface area contributed by atoms with Crippen LogP contribution in [0.4, 0.5) is 13.2 Å². The lowest BCUT2D eigenvalue weighted by Crippen LogP contribution is -2.68. The predicted octanol–water partition coefficient (Wildman–Crippen LogP) is 2.74. The first-order valence-electron chi connectivity index (χ1n) is 6.65. The van der Waals surface area contributed by atoms with Crippen molar-refractivity contribution < 1.29 is 13.2 Å². The summed E-state index contributed by atoms with van der Waals surface area (Å²) in [5.41, 5.74) is -0.990. The van der Waals surface area contributed by atoms with E-state index in [1.807, 2.05) is 6.07 Å². The zero-order valence-electron chi connectivity index (χ0n) is 11.2. The zero-order chi connectivity index (χ0) is 15.0. The Labute approximate surface area is 118 Å². The summed E-state index contributed by atoms with van der Waals surface area (Å²) < 4.78 is 41.7. The lowest BCUT2D eigenvalue weighted by Gasteiger charge is -2.69. The summed E-state index contributed by atoms with van der Waals surface area (Å²) in [4.78, 5) is 3.94. The molecule has 2 bridgehead atoms. The number of nitrogens with zero attached hydrogens (tertiary/aromatic N) is 4. The van der Waals surface area contributed by atoms with Gasteiger partial charge in [0.15, 0.2) is 5.82 Å². The lowest BCUT2D eigenvalue weighted by molar-refractivity contribution is -0.223. The van der Waals surface area contributed by atoms with Gasteiger partial charge in [-0.1, -0.05) is 0 Å². The van der Waals surface area contributed by atoms with E-state index in [9.17, 15) is 18.4 Å². The molecular formula is C14H11F3N4. The van der Waals surface area contributed by atoms with E-state index >= 15 is 0 Å². The van der Waals surface area contributed by atoms with E-state index in [0.29, 0.717) is 30.8 Å². The van der Waals surface area contributed by atoms with E-state index in [1.165, 1.54) is 10.7 Å². The number of aryl methyl sites for hydroxylation is 1. The van der Waals surface area contributed by atoms with Crippen LogP contribution in [-0.4, -0.2) is 21.0 Å². The molecule has 2 aromatic heterocycles. The quantitative estimate of drug-likeness (QED) is 0.855. The summed E-state index contributed by atoms with van der Waals surface area (Å²) in [6.07, 6.45) is -0.156. The maximum Gasteiger partial charge on any atom is 0.244 e. The van der Waals surface area contributed by atoms with Gasteiger partial charge < -0.3 is 0 Å². The largest absolute Gasteiger partial charge is 0.244 e. The van der Waals surface area contributed by atoms with Crippen molar-refractivity contribution in [3.05, 3.63) is 29.1 Å².